The number of methoxy groups -OCH3 is 3. The maximum absolute atomic E-state index is 11.4. The van der Waals surface area contributed by atoms with Crippen molar-refractivity contribution in [2.24, 2.45) is 0 Å². The SMILES string of the molecule is C.C.C=C(O)c1ccc(CN2CCSc3ccc(OC)cc3C2)cc1.C=C(O)c1cccc(CN2CCSc3ccc(OC)cc3C2)c1.COc1ccc2c(c1)CN(Cc1ccccc1C(=O)O)CCS2. The normalized spacial score (nSPS) is 14.4. The molecule has 376 valence electrons. The number of carbonyl (C=O) groups is 1. The van der Waals surface area contributed by atoms with Gasteiger partial charge in [0.25, 0.3) is 0 Å². The third kappa shape index (κ3) is 16.1. The highest BCUT2D eigenvalue weighted by Crippen LogP contribution is 2.34. The van der Waals surface area contributed by atoms with Gasteiger partial charge in [-0.1, -0.05) is 88.7 Å². The zero-order valence-corrected chi connectivity index (χ0v) is 42.0. The van der Waals surface area contributed by atoms with Crippen LogP contribution in [0.1, 0.15) is 69.7 Å². The van der Waals surface area contributed by atoms with Crippen LogP contribution in [0.2, 0.25) is 0 Å². The van der Waals surface area contributed by atoms with Gasteiger partial charge in [0.1, 0.15) is 28.8 Å². The summed E-state index contributed by atoms with van der Waals surface area (Å²) in [7, 11) is 5.09. The molecule has 6 aromatic rings. The van der Waals surface area contributed by atoms with Crippen molar-refractivity contribution >= 4 is 52.8 Å². The van der Waals surface area contributed by atoms with Crippen LogP contribution >= 0.6 is 35.3 Å². The summed E-state index contributed by atoms with van der Waals surface area (Å²) in [4.78, 5) is 22.5. The van der Waals surface area contributed by atoms with Gasteiger partial charge in [-0.05, 0) is 100 Å². The monoisotopic (exact) mass is 1020 g/mol. The molecule has 0 fully saturated rings. The highest BCUT2D eigenvalue weighted by Gasteiger charge is 2.20. The van der Waals surface area contributed by atoms with E-state index in [4.69, 9.17) is 14.2 Å². The van der Waals surface area contributed by atoms with Crippen molar-refractivity contribution in [3.63, 3.8) is 0 Å². The molecule has 0 saturated heterocycles. The smallest absolute Gasteiger partial charge is 0.336 e. The van der Waals surface area contributed by atoms with Crippen LogP contribution in [0.4, 0.5) is 0 Å². The fraction of sp³-hybridized carbons (Fsp3) is 0.293. The van der Waals surface area contributed by atoms with Crippen LogP contribution in [0.5, 0.6) is 17.2 Å². The number of aromatic carboxylic acids is 1. The van der Waals surface area contributed by atoms with Gasteiger partial charge in [0, 0.05) is 102 Å². The van der Waals surface area contributed by atoms with Crippen molar-refractivity contribution in [3.05, 3.63) is 191 Å². The average Bonchev–Trinajstić information content (AvgIpc) is 3.79. The Bertz CT molecular complexity index is 2710. The number of benzene rings is 6. The van der Waals surface area contributed by atoms with Crippen LogP contribution < -0.4 is 14.2 Å². The van der Waals surface area contributed by atoms with Gasteiger partial charge in [0.2, 0.25) is 0 Å². The Labute approximate surface area is 434 Å². The number of hydrogen-bond donors (Lipinski definition) is 3. The number of ether oxygens (including phenoxy) is 3. The standard InChI is InChI=1S/2C19H21NO2S.C18H19NO3S.2CH4/c1-14(21)16-5-3-15(4-6-16)12-20-9-10-23-19-8-7-18(22-2)11-17(19)13-20;1-14(21)16-5-3-4-15(10-16)12-20-8-9-23-19-7-6-18(22-2)11-17(19)13-20;1-22-15-6-7-17-14(10-15)12-19(8-9-23-17)11-13-4-2-3-5-16(13)18(20)21;;/h3-8,11,21H,1,9-10,12-13H2,2H3;3-7,10-11,21H,1,8-9,12-13H2,2H3;2-7,10H,8-9,11-12H2,1H3,(H,20,21);2*1H4. The summed E-state index contributed by atoms with van der Waals surface area (Å²) < 4.78 is 16.0. The third-order valence-electron chi connectivity index (χ3n) is 12.0. The van der Waals surface area contributed by atoms with Gasteiger partial charge in [0.15, 0.2) is 0 Å². The van der Waals surface area contributed by atoms with Crippen molar-refractivity contribution < 1.29 is 34.3 Å². The molecule has 0 amide bonds. The van der Waals surface area contributed by atoms with Gasteiger partial charge in [0.05, 0.1) is 26.9 Å². The zero-order chi connectivity index (χ0) is 48.7. The van der Waals surface area contributed by atoms with E-state index >= 15 is 0 Å². The van der Waals surface area contributed by atoms with E-state index in [0.717, 1.165) is 104 Å². The highest BCUT2D eigenvalue weighted by atomic mass is 32.2. The van der Waals surface area contributed by atoms with Gasteiger partial charge in [-0.2, -0.15) is 0 Å². The minimum atomic E-state index is -0.869. The van der Waals surface area contributed by atoms with E-state index < -0.39 is 5.97 Å². The number of nitrogens with zero attached hydrogens (tertiary/aromatic N) is 3. The Balaban J connectivity index is 0.000000195. The fourth-order valence-electron chi connectivity index (χ4n) is 8.34. The molecular formula is C58H69N3O7S3. The second-order valence-electron chi connectivity index (χ2n) is 16.9. The van der Waals surface area contributed by atoms with Crippen molar-refractivity contribution in [1.82, 2.24) is 14.7 Å². The molecule has 0 radical (unpaired) electrons. The van der Waals surface area contributed by atoms with Crippen LogP contribution in [0.3, 0.4) is 0 Å². The molecule has 71 heavy (non-hydrogen) atoms. The molecule has 3 N–H and O–H groups in total. The highest BCUT2D eigenvalue weighted by molar-refractivity contribution is 7.99. The number of carboxylic acids is 1. The largest absolute Gasteiger partial charge is 0.508 e. The predicted octanol–water partition coefficient (Wildman–Crippen LogP) is 13.4. The molecule has 3 aliphatic heterocycles. The Morgan fingerprint density at radius 2 is 0.944 bits per heavy atom. The number of carboxylic acid groups (broad SMARTS) is 1. The molecule has 9 rings (SSSR count). The Hall–Kier alpha value is -5.80. The summed E-state index contributed by atoms with van der Waals surface area (Å²) in [6.07, 6.45) is 0. The molecule has 10 nitrogen and oxygen atoms in total. The lowest BCUT2D eigenvalue weighted by Gasteiger charge is -2.21. The first-order chi connectivity index (χ1) is 33.5. The summed E-state index contributed by atoms with van der Waals surface area (Å²) in [5.41, 5.74) is 9.11. The summed E-state index contributed by atoms with van der Waals surface area (Å²) in [6.45, 7) is 15.2. The molecule has 13 heteroatoms. The van der Waals surface area contributed by atoms with E-state index in [0.29, 0.717) is 12.1 Å². The van der Waals surface area contributed by atoms with Crippen molar-refractivity contribution in [2.45, 2.75) is 68.8 Å². The second-order valence-corrected chi connectivity index (χ2v) is 20.3. The molecule has 0 unspecified atom stereocenters. The van der Waals surface area contributed by atoms with Crippen LogP contribution in [0, 0.1) is 0 Å². The number of hydrogen-bond acceptors (Lipinski definition) is 12. The number of aliphatic hydroxyl groups is 2. The Morgan fingerprint density at radius 3 is 1.38 bits per heavy atom. The minimum absolute atomic E-state index is 0. The fourth-order valence-corrected chi connectivity index (χ4v) is 11.5. The van der Waals surface area contributed by atoms with Gasteiger partial charge >= 0.3 is 5.97 Å². The van der Waals surface area contributed by atoms with E-state index in [-0.39, 0.29) is 26.4 Å². The molecule has 3 heterocycles. The maximum atomic E-state index is 11.4. The lowest BCUT2D eigenvalue weighted by molar-refractivity contribution is 0.0694. The molecule has 0 aromatic heterocycles. The molecule has 3 aliphatic rings. The zero-order valence-electron chi connectivity index (χ0n) is 39.6. The van der Waals surface area contributed by atoms with Gasteiger partial charge < -0.3 is 29.5 Å². The third-order valence-corrected chi connectivity index (χ3v) is 15.3. The number of thioether (sulfide) groups is 3. The molecule has 0 spiro atoms. The first kappa shape index (κ1) is 56.1. The average molecular weight is 1020 g/mol. The maximum Gasteiger partial charge on any atom is 0.336 e. The van der Waals surface area contributed by atoms with E-state index in [1.54, 1.807) is 33.5 Å². The van der Waals surface area contributed by atoms with Crippen LogP contribution in [0.25, 0.3) is 11.5 Å². The van der Waals surface area contributed by atoms with E-state index in [1.165, 1.54) is 42.5 Å². The molecule has 0 bridgehead atoms. The van der Waals surface area contributed by atoms with Gasteiger partial charge in [-0.25, -0.2) is 4.79 Å². The summed E-state index contributed by atoms with van der Waals surface area (Å²) >= 11 is 5.65. The molecule has 0 saturated carbocycles. The second kappa shape index (κ2) is 27.7. The predicted molar refractivity (Wildman–Crippen MR) is 297 cm³/mol. The van der Waals surface area contributed by atoms with Gasteiger partial charge in [-0.3, -0.25) is 14.7 Å². The van der Waals surface area contributed by atoms with Gasteiger partial charge in [-0.15, -0.1) is 35.3 Å². The molecule has 0 atom stereocenters. The van der Waals surface area contributed by atoms with E-state index in [9.17, 15) is 20.1 Å². The molecule has 0 aliphatic carbocycles. The summed E-state index contributed by atoms with van der Waals surface area (Å²) in [5.74, 6) is 5.20. The van der Waals surface area contributed by atoms with Crippen LogP contribution in [-0.4, -0.2) is 94.2 Å². The number of fused-ring (bicyclic) bond motifs is 3. The topological polar surface area (TPSA) is 115 Å². The summed E-state index contributed by atoms with van der Waals surface area (Å²) in [6, 6.07) is 41.9. The van der Waals surface area contributed by atoms with Crippen molar-refractivity contribution in [3.8, 4) is 17.2 Å². The number of aliphatic hydroxyl groups excluding tert-OH is 2. The van der Waals surface area contributed by atoms with E-state index in [2.05, 4.69) is 82.5 Å². The first-order valence-corrected chi connectivity index (χ1v) is 25.8. The Kier molecular flexibility index (Phi) is 21.9. The lowest BCUT2D eigenvalue weighted by Crippen LogP contribution is -2.25. The Morgan fingerprint density at radius 1 is 0.507 bits per heavy atom. The number of rotatable bonds is 12. The van der Waals surface area contributed by atoms with E-state index in [1.807, 2.05) is 95.9 Å². The molecule has 6 aromatic carbocycles. The van der Waals surface area contributed by atoms with Crippen LogP contribution in [0.15, 0.2) is 155 Å². The van der Waals surface area contributed by atoms with Crippen molar-refractivity contribution in [1.29, 1.82) is 0 Å². The van der Waals surface area contributed by atoms with Crippen LogP contribution in [-0.2, 0) is 39.3 Å². The van der Waals surface area contributed by atoms with Crippen molar-refractivity contribution in [2.75, 3.05) is 58.2 Å². The summed E-state index contributed by atoms with van der Waals surface area (Å²) in [5, 5.41) is 28.3. The first-order valence-electron chi connectivity index (χ1n) is 22.8. The minimum Gasteiger partial charge on any atom is -0.508 e. The quantitative estimate of drug-likeness (QED) is 0.101. The molecular weight excluding hydrogens is 947 g/mol. The lowest BCUT2D eigenvalue weighted by atomic mass is 10.1.